The minimum Gasteiger partial charge on any atom is -0.477 e. The fourth-order valence-corrected chi connectivity index (χ4v) is 2.08. The minimum absolute atomic E-state index is 0.362. The van der Waals surface area contributed by atoms with Crippen LogP contribution in [0.2, 0.25) is 0 Å². The molecule has 3 aromatic heterocycles. The second kappa shape index (κ2) is 3.16. The molecule has 18 heavy (non-hydrogen) atoms. The molecular formula is C11H7N5O2. The largest absolute Gasteiger partial charge is 0.477 e. The van der Waals surface area contributed by atoms with Crippen molar-refractivity contribution in [1.29, 1.82) is 0 Å². The van der Waals surface area contributed by atoms with E-state index >= 15 is 0 Å². The van der Waals surface area contributed by atoms with Gasteiger partial charge in [-0.05, 0) is 16.5 Å². The maximum atomic E-state index is 5.76. The smallest absolute Gasteiger partial charge is 0.277 e. The molecule has 0 atom stereocenters. The third-order valence-corrected chi connectivity index (χ3v) is 2.85. The second-order valence-corrected chi connectivity index (χ2v) is 3.80. The first-order valence-electron chi connectivity index (χ1n) is 5.32. The first-order valence-corrected chi connectivity index (χ1v) is 5.32. The number of hydrogen-bond acceptors (Lipinski definition) is 6. The van der Waals surface area contributed by atoms with Crippen LogP contribution in [-0.4, -0.2) is 32.4 Å². The Balaban J connectivity index is 2.37. The normalized spacial score (nSPS) is 11.6. The number of aromatic nitrogens is 5. The molecule has 0 aliphatic rings. The van der Waals surface area contributed by atoms with Crippen LogP contribution in [-0.2, 0) is 0 Å². The molecule has 1 aromatic carbocycles. The standard InChI is InChI=1S/C11H7N5O2/c1-17-11-9-8(10-12-14-15-16(10)13-11)6-4-2-3-5-7(6)18-9/h2-5H,1H3. The number of ether oxygens (including phenoxy) is 1. The van der Waals surface area contributed by atoms with Gasteiger partial charge in [-0.25, -0.2) is 0 Å². The molecule has 0 aliphatic carbocycles. The highest BCUT2D eigenvalue weighted by Crippen LogP contribution is 2.34. The van der Waals surface area contributed by atoms with E-state index in [0.717, 1.165) is 16.4 Å². The van der Waals surface area contributed by atoms with Crippen LogP contribution in [0.5, 0.6) is 5.88 Å². The molecule has 0 bridgehead atoms. The van der Waals surface area contributed by atoms with Crippen molar-refractivity contribution in [2.24, 2.45) is 0 Å². The lowest BCUT2D eigenvalue weighted by molar-refractivity contribution is 0.384. The average molecular weight is 241 g/mol. The maximum absolute atomic E-state index is 5.76. The summed E-state index contributed by atoms with van der Waals surface area (Å²) in [5.74, 6) is 0.362. The highest BCUT2D eigenvalue weighted by molar-refractivity contribution is 6.12. The lowest BCUT2D eigenvalue weighted by atomic mass is 10.2. The molecular weight excluding hydrogens is 234 g/mol. The van der Waals surface area contributed by atoms with Gasteiger partial charge in [0.2, 0.25) is 11.2 Å². The van der Waals surface area contributed by atoms with Crippen LogP contribution in [0.3, 0.4) is 0 Å². The fraction of sp³-hybridized carbons (Fsp3) is 0.0909. The monoisotopic (exact) mass is 241 g/mol. The Labute approximate surface area is 99.9 Å². The van der Waals surface area contributed by atoms with Crippen LogP contribution in [0.25, 0.3) is 27.6 Å². The molecule has 0 saturated heterocycles. The van der Waals surface area contributed by atoms with Crippen molar-refractivity contribution >= 4 is 27.6 Å². The SMILES string of the molecule is COc1nn2nnnc2c2c1oc1ccccc12. The van der Waals surface area contributed by atoms with Crippen molar-refractivity contribution in [3.63, 3.8) is 0 Å². The summed E-state index contributed by atoms with van der Waals surface area (Å²) in [5.41, 5.74) is 1.86. The van der Waals surface area contributed by atoms with E-state index in [9.17, 15) is 0 Å². The number of methoxy groups -OCH3 is 1. The lowest BCUT2D eigenvalue weighted by Gasteiger charge is -1.98. The van der Waals surface area contributed by atoms with Crippen molar-refractivity contribution in [3.8, 4) is 5.88 Å². The molecule has 0 saturated carbocycles. The summed E-state index contributed by atoms with van der Waals surface area (Å²) >= 11 is 0. The molecule has 0 amide bonds. The first kappa shape index (κ1) is 9.34. The van der Waals surface area contributed by atoms with Crippen molar-refractivity contribution < 1.29 is 9.15 Å². The number of para-hydroxylation sites is 1. The van der Waals surface area contributed by atoms with Gasteiger partial charge in [-0.1, -0.05) is 18.2 Å². The Bertz CT molecular complexity index is 879. The summed E-state index contributed by atoms with van der Waals surface area (Å²) in [4.78, 5) is 0. The predicted molar refractivity (Wildman–Crippen MR) is 62.4 cm³/mol. The van der Waals surface area contributed by atoms with Crippen molar-refractivity contribution in [3.05, 3.63) is 24.3 Å². The van der Waals surface area contributed by atoms with Gasteiger partial charge in [-0.15, -0.1) is 14.8 Å². The van der Waals surface area contributed by atoms with Gasteiger partial charge in [0.25, 0.3) is 5.88 Å². The molecule has 3 heterocycles. The molecule has 0 aliphatic heterocycles. The summed E-state index contributed by atoms with van der Waals surface area (Å²) < 4.78 is 12.3. The molecule has 88 valence electrons. The molecule has 0 N–H and O–H groups in total. The Hall–Kier alpha value is -2.70. The summed E-state index contributed by atoms with van der Waals surface area (Å²) in [6.45, 7) is 0. The zero-order valence-electron chi connectivity index (χ0n) is 9.36. The summed E-state index contributed by atoms with van der Waals surface area (Å²) in [5, 5.41) is 17.3. The van der Waals surface area contributed by atoms with Gasteiger partial charge in [0.05, 0.1) is 12.5 Å². The third kappa shape index (κ3) is 1.03. The van der Waals surface area contributed by atoms with Gasteiger partial charge in [0, 0.05) is 5.39 Å². The van der Waals surface area contributed by atoms with Gasteiger partial charge < -0.3 is 9.15 Å². The van der Waals surface area contributed by atoms with Gasteiger partial charge in [0.1, 0.15) is 5.58 Å². The highest BCUT2D eigenvalue weighted by atomic mass is 16.5. The number of fused-ring (bicyclic) bond motifs is 5. The maximum Gasteiger partial charge on any atom is 0.277 e. The fourth-order valence-electron chi connectivity index (χ4n) is 2.08. The molecule has 0 unspecified atom stereocenters. The third-order valence-electron chi connectivity index (χ3n) is 2.85. The summed E-state index contributed by atoms with van der Waals surface area (Å²) in [6.07, 6.45) is 0. The van der Waals surface area contributed by atoms with E-state index in [2.05, 4.69) is 20.6 Å². The first-order chi connectivity index (χ1) is 8.88. The van der Waals surface area contributed by atoms with Crippen LogP contribution in [0, 0.1) is 0 Å². The number of benzene rings is 1. The Morgan fingerprint density at radius 1 is 1.28 bits per heavy atom. The molecule has 0 radical (unpaired) electrons. The zero-order valence-corrected chi connectivity index (χ0v) is 9.36. The van der Waals surface area contributed by atoms with Crippen molar-refractivity contribution in [2.75, 3.05) is 7.11 Å². The second-order valence-electron chi connectivity index (χ2n) is 3.80. The zero-order chi connectivity index (χ0) is 12.1. The van der Waals surface area contributed by atoms with Crippen molar-refractivity contribution in [2.45, 2.75) is 0 Å². The number of furan rings is 1. The predicted octanol–water partition coefficient (Wildman–Crippen LogP) is 1.43. The Kier molecular flexibility index (Phi) is 1.64. The highest BCUT2D eigenvalue weighted by Gasteiger charge is 2.18. The van der Waals surface area contributed by atoms with E-state index < -0.39 is 0 Å². The number of nitrogens with zero attached hydrogens (tertiary/aromatic N) is 5. The van der Waals surface area contributed by atoms with E-state index in [0.29, 0.717) is 17.1 Å². The average Bonchev–Trinajstić information content (AvgIpc) is 3.00. The Morgan fingerprint density at radius 2 is 2.17 bits per heavy atom. The number of hydrogen-bond donors (Lipinski definition) is 0. The van der Waals surface area contributed by atoms with Gasteiger partial charge in [0.15, 0.2) is 0 Å². The molecule has 7 heteroatoms. The van der Waals surface area contributed by atoms with E-state index in [-0.39, 0.29) is 0 Å². The quantitative estimate of drug-likeness (QED) is 0.501. The van der Waals surface area contributed by atoms with Crippen LogP contribution in [0.4, 0.5) is 0 Å². The molecule has 4 rings (SSSR count). The van der Waals surface area contributed by atoms with E-state index in [4.69, 9.17) is 9.15 Å². The molecule has 0 spiro atoms. The van der Waals surface area contributed by atoms with E-state index in [1.165, 1.54) is 11.7 Å². The van der Waals surface area contributed by atoms with E-state index in [1.807, 2.05) is 24.3 Å². The topological polar surface area (TPSA) is 78.3 Å². The van der Waals surface area contributed by atoms with Crippen molar-refractivity contribution in [1.82, 2.24) is 25.3 Å². The number of tetrazole rings is 1. The lowest BCUT2D eigenvalue weighted by Crippen LogP contribution is -1.98. The van der Waals surface area contributed by atoms with E-state index in [1.54, 1.807) is 0 Å². The Morgan fingerprint density at radius 3 is 3.06 bits per heavy atom. The molecule has 0 fully saturated rings. The summed E-state index contributed by atoms with van der Waals surface area (Å²) in [7, 11) is 1.53. The number of rotatable bonds is 1. The summed E-state index contributed by atoms with van der Waals surface area (Å²) in [6, 6.07) is 7.68. The van der Waals surface area contributed by atoms with Crippen LogP contribution in [0.1, 0.15) is 0 Å². The molecule has 4 aromatic rings. The van der Waals surface area contributed by atoms with Crippen LogP contribution >= 0.6 is 0 Å². The van der Waals surface area contributed by atoms with Crippen LogP contribution < -0.4 is 4.74 Å². The van der Waals surface area contributed by atoms with Gasteiger partial charge in [-0.3, -0.25) is 0 Å². The minimum atomic E-state index is 0.362. The van der Waals surface area contributed by atoms with Gasteiger partial charge >= 0.3 is 0 Å². The molecule has 7 nitrogen and oxygen atoms in total. The van der Waals surface area contributed by atoms with Crippen LogP contribution in [0.15, 0.2) is 28.7 Å². The van der Waals surface area contributed by atoms with Gasteiger partial charge in [-0.2, -0.15) is 0 Å².